The van der Waals surface area contributed by atoms with E-state index >= 15 is 0 Å². The van der Waals surface area contributed by atoms with Crippen LogP contribution in [0.4, 0.5) is 32.0 Å². The summed E-state index contributed by atoms with van der Waals surface area (Å²) in [5, 5.41) is 0.110. The van der Waals surface area contributed by atoms with Crippen LogP contribution >= 0.6 is 11.8 Å². The van der Waals surface area contributed by atoms with Gasteiger partial charge in [-0.25, -0.2) is 0 Å². The number of hydrogen-bond acceptors (Lipinski definition) is 5. The number of carbonyl (C=O) groups excluding carboxylic acids is 1. The third-order valence-corrected chi connectivity index (χ3v) is 7.29. The number of amides is 1. The SMILES string of the molecule is CCN(C1=NC(=O)C(Cc2ccc(OCc3ccc(C(F)(F)F)cc3C(F)(F)F)c(OC)c2)S1)c1ccccc1. The largest absolute Gasteiger partial charge is 0.493 e. The predicted molar refractivity (Wildman–Crippen MR) is 141 cm³/mol. The van der Waals surface area contributed by atoms with Crippen molar-refractivity contribution in [3.05, 3.63) is 89.0 Å². The summed E-state index contributed by atoms with van der Waals surface area (Å²) >= 11 is 1.34. The number of halogens is 6. The Morgan fingerprint density at radius 1 is 0.925 bits per heavy atom. The number of nitrogens with zero attached hydrogens (tertiary/aromatic N) is 2. The maximum Gasteiger partial charge on any atom is 0.416 e. The number of anilines is 1. The third kappa shape index (κ3) is 6.72. The number of amidine groups is 1. The summed E-state index contributed by atoms with van der Waals surface area (Å²) in [6.45, 7) is 1.94. The standard InChI is InChI=1S/C28H24F6N2O3S/c1-3-36(20-7-5-4-6-8-20)26-35-25(37)24(40-26)14-17-9-12-22(23(13-17)38-2)39-16-18-10-11-19(27(29,30)31)15-21(18)28(32,33)34/h4-13,15,24H,3,14,16H2,1-2H3. The lowest BCUT2D eigenvalue weighted by Crippen LogP contribution is -2.27. The van der Waals surface area contributed by atoms with Gasteiger partial charge in [-0.2, -0.15) is 31.3 Å². The Bertz CT molecular complexity index is 1390. The molecule has 40 heavy (non-hydrogen) atoms. The van der Waals surface area contributed by atoms with E-state index in [1.165, 1.54) is 24.9 Å². The molecule has 5 nitrogen and oxygen atoms in total. The van der Waals surface area contributed by atoms with Crippen molar-refractivity contribution in [1.82, 2.24) is 0 Å². The average Bonchev–Trinajstić information content (AvgIpc) is 3.26. The van der Waals surface area contributed by atoms with Crippen molar-refractivity contribution < 1.29 is 40.6 Å². The molecule has 0 aromatic heterocycles. The van der Waals surface area contributed by atoms with Gasteiger partial charge in [-0.15, -0.1) is 0 Å². The molecule has 0 saturated heterocycles. The highest BCUT2D eigenvalue weighted by atomic mass is 32.2. The minimum absolute atomic E-state index is 0.0725. The molecular formula is C28H24F6N2O3S. The highest BCUT2D eigenvalue weighted by Gasteiger charge is 2.38. The number of carbonyl (C=O) groups is 1. The Morgan fingerprint density at radius 2 is 1.65 bits per heavy atom. The van der Waals surface area contributed by atoms with Crippen molar-refractivity contribution in [3.8, 4) is 11.5 Å². The van der Waals surface area contributed by atoms with Crippen molar-refractivity contribution in [1.29, 1.82) is 0 Å². The molecular weight excluding hydrogens is 558 g/mol. The Labute approximate surface area is 230 Å². The summed E-state index contributed by atoms with van der Waals surface area (Å²) < 4.78 is 90.1. The normalized spacial score (nSPS) is 15.7. The van der Waals surface area contributed by atoms with Crippen LogP contribution in [-0.4, -0.2) is 30.0 Å². The van der Waals surface area contributed by atoms with E-state index in [0.717, 1.165) is 11.8 Å². The first-order valence-corrected chi connectivity index (χ1v) is 13.0. The van der Waals surface area contributed by atoms with E-state index in [9.17, 15) is 31.1 Å². The molecule has 1 aliphatic heterocycles. The van der Waals surface area contributed by atoms with Gasteiger partial charge in [0.1, 0.15) is 6.61 Å². The molecule has 12 heteroatoms. The summed E-state index contributed by atoms with van der Waals surface area (Å²) in [5.41, 5.74) is -1.66. The van der Waals surface area contributed by atoms with Crippen LogP contribution in [0.1, 0.15) is 29.2 Å². The van der Waals surface area contributed by atoms with Crippen LogP contribution < -0.4 is 14.4 Å². The zero-order chi connectivity index (χ0) is 29.1. The molecule has 0 aliphatic carbocycles. The van der Waals surface area contributed by atoms with Crippen molar-refractivity contribution in [2.45, 2.75) is 37.6 Å². The lowest BCUT2D eigenvalue weighted by molar-refractivity contribution is -0.143. The van der Waals surface area contributed by atoms with Crippen molar-refractivity contribution >= 4 is 28.5 Å². The summed E-state index contributed by atoms with van der Waals surface area (Å²) in [5.74, 6) is 0.0209. The molecule has 0 N–H and O–H groups in total. The van der Waals surface area contributed by atoms with Gasteiger partial charge >= 0.3 is 12.4 Å². The molecule has 1 aliphatic rings. The summed E-state index contributed by atoms with van der Waals surface area (Å²) in [4.78, 5) is 18.8. The summed E-state index contributed by atoms with van der Waals surface area (Å²) in [6.07, 6.45) is -9.61. The van der Waals surface area contributed by atoms with E-state index in [0.29, 0.717) is 29.8 Å². The number of rotatable bonds is 8. The molecule has 0 radical (unpaired) electrons. The van der Waals surface area contributed by atoms with Crippen LogP contribution in [0.2, 0.25) is 0 Å². The summed E-state index contributed by atoms with van der Waals surface area (Å²) in [7, 11) is 1.35. The molecule has 1 heterocycles. The van der Waals surface area contributed by atoms with Crippen LogP contribution in [0.5, 0.6) is 11.5 Å². The van der Waals surface area contributed by atoms with E-state index < -0.39 is 40.9 Å². The quantitative estimate of drug-likeness (QED) is 0.260. The fraction of sp³-hybridized carbons (Fsp3) is 0.286. The summed E-state index contributed by atoms with van der Waals surface area (Å²) in [6, 6.07) is 15.7. The van der Waals surface area contributed by atoms with Crippen LogP contribution in [0.15, 0.2) is 71.7 Å². The van der Waals surface area contributed by atoms with Gasteiger partial charge in [0.15, 0.2) is 16.7 Å². The Kier molecular flexibility index (Phi) is 8.67. The molecule has 0 fully saturated rings. The molecule has 3 aromatic rings. The smallest absolute Gasteiger partial charge is 0.416 e. The second-order valence-electron chi connectivity index (χ2n) is 8.76. The molecule has 1 amide bonds. The molecule has 0 spiro atoms. The van der Waals surface area contributed by atoms with Gasteiger partial charge in [0, 0.05) is 17.8 Å². The van der Waals surface area contributed by atoms with Gasteiger partial charge in [0.25, 0.3) is 5.91 Å². The monoisotopic (exact) mass is 582 g/mol. The van der Waals surface area contributed by atoms with Gasteiger partial charge in [0.2, 0.25) is 0 Å². The number of para-hydroxylation sites is 1. The number of hydrogen-bond donors (Lipinski definition) is 0. The van der Waals surface area contributed by atoms with E-state index in [-0.39, 0.29) is 23.5 Å². The third-order valence-electron chi connectivity index (χ3n) is 6.12. The van der Waals surface area contributed by atoms with E-state index in [2.05, 4.69) is 4.99 Å². The predicted octanol–water partition coefficient (Wildman–Crippen LogP) is 7.38. The zero-order valence-corrected chi connectivity index (χ0v) is 22.2. The highest BCUT2D eigenvalue weighted by Crippen LogP contribution is 2.39. The number of ether oxygens (including phenoxy) is 2. The maximum atomic E-state index is 13.5. The number of aliphatic imine (C=N–C) groups is 1. The van der Waals surface area contributed by atoms with Gasteiger partial charge in [0.05, 0.1) is 23.5 Å². The highest BCUT2D eigenvalue weighted by molar-refractivity contribution is 8.15. The molecule has 0 bridgehead atoms. The minimum Gasteiger partial charge on any atom is -0.493 e. The average molecular weight is 583 g/mol. The van der Waals surface area contributed by atoms with Gasteiger partial charge in [-0.05, 0) is 55.3 Å². The zero-order valence-electron chi connectivity index (χ0n) is 21.3. The molecule has 212 valence electrons. The topological polar surface area (TPSA) is 51.1 Å². The molecule has 3 aromatic carbocycles. The fourth-order valence-corrected chi connectivity index (χ4v) is 5.32. The minimum atomic E-state index is -5.01. The first-order valence-electron chi connectivity index (χ1n) is 12.1. The van der Waals surface area contributed by atoms with Crippen molar-refractivity contribution in [2.75, 3.05) is 18.6 Å². The molecule has 0 saturated carbocycles. The van der Waals surface area contributed by atoms with E-state index in [1.54, 1.807) is 12.1 Å². The first-order chi connectivity index (χ1) is 18.9. The fourth-order valence-electron chi connectivity index (χ4n) is 4.13. The number of alkyl halides is 6. The second kappa shape index (κ2) is 11.8. The van der Waals surface area contributed by atoms with Crippen LogP contribution in [0.25, 0.3) is 0 Å². The van der Waals surface area contributed by atoms with Gasteiger partial charge < -0.3 is 14.4 Å². The van der Waals surface area contributed by atoms with Crippen molar-refractivity contribution in [3.63, 3.8) is 0 Å². The number of methoxy groups -OCH3 is 1. The van der Waals surface area contributed by atoms with Crippen molar-refractivity contribution in [2.24, 2.45) is 4.99 Å². The molecule has 4 rings (SSSR count). The Balaban J connectivity index is 1.47. The van der Waals surface area contributed by atoms with E-state index in [4.69, 9.17) is 9.47 Å². The van der Waals surface area contributed by atoms with Gasteiger partial charge in [-0.3, -0.25) is 4.79 Å². The maximum absolute atomic E-state index is 13.5. The van der Waals surface area contributed by atoms with Crippen LogP contribution in [0.3, 0.4) is 0 Å². The molecule has 1 atom stereocenters. The van der Waals surface area contributed by atoms with Crippen LogP contribution in [0, 0.1) is 0 Å². The van der Waals surface area contributed by atoms with E-state index in [1.807, 2.05) is 42.2 Å². The first kappa shape index (κ1) is 29.3. The number of benzene rings is 3. The van der Waals surface area contributed by atoms with Crippen LogP contribution in [-0.2, 0) is 30.2 Å². The van der Waals surface area contributed by atoms with Gasteiger partial charge in [-0.1, -0.05) is 42.1 Å². The lowest BCUT2D eigenvalue weighted by atomic mass is 10.0. The Morgan fingerprint density at radius 3 is 2.27 bits per heavy atom. The second-order valence-corrected chi connectivity index (χ2v) is 9.93. The molecule has 1 unspecified atom stereocenters. The lowest BCUT2D eigenvalue weighted by Gasteiger charge is -2.22. The Hall–Kier alpha value is -3.67. The number of thioether (sulfide) groups is 1.